The van der Waals surface area contributed by atoms with Gasteiger partial charge in [0.25, 0.3) is 0 Å². The Bertz CT molecular complexity index is 655. The molecule has 0 bridgehead atoms. The summed E-state index contributed by atoms with van der Waals surface area (Å²) >= 11 is 0. The molecular formula is C21H23F3O. The highest BCUT2D eigenvalue weighted by Crippen LogP contribution is 2.23. The Morgan fingerprint density at radius 2 is 1.36 bits per heavy atom. The van der Waals surface area contributed by atoms with E-state index in [0.717, 1.165) is 17.5 Å². The first kappa shape index (κ1) is 19.1. The summed E-state index contributed by atoms with van der Waals surface area (Å²) in [5.74, 6) is -0.211. The van der Waals surface area contributed by atoms with E-state index >= 15 is 0 Å². The average molecular weight is 348 g/mol. The summed E-state index contributed by atoms with van der Waals surface area (Å²) in [5.41, 5.74) is 3.22. The molecular weight excluding hydrogens is 325 g/mol. The molecule has 0 aliphatic carbocycles. The molecule has 0 radical (unpaired) electrons. The van der Waals surface area contributed by atoms with Crippen LogP contribution in [-0.2, 0) is 6.42 Å². The van der Waals surface area contributed by atoms with Crippen molar-refractivity contribution in [1.82, 2.24) is 0 Å². The van der Waals surface area contributed by atoms with Crippen LogP contribution >= 0.6 is 0 Å². The van der Waals surface area contributed by atoms with Crippen LogP contribution in [0.4, 0.5) is 13.2 Å². The Morgan fingerprint density at radius 1 is 0.800 bits per heavy atom. The second-order valence-corrected chi connectivity index (χ2v) is 6.00. The Kier molecular flexibility index (Phi) is 7.11. The zero-order chi connectivity index (χ0) is 18.1. The standard InChI is InChI=1S/C21H23F3O/c1-2-3-4-5-6-17-7-9-18(10-8-17)11-12-19-13-15-20(16-14-19)25-21(22,23)24/h7-16H,2-6H2,1H3. The van der Waals surface area contributed by atoms with E-state index in [1.54, 1.807) is 12.1 Å². The fourth-order valence-electron chi connectivity index (χ4n) is 2.52. The van der Waals surface area contributed by atoms with Gasteiger partial charge < -0.3 is 4.74 Å². The van der Waals surface area contributed by atoms with E-state index < -0.39 is 6.36 Å². The number of aryl methyl sites for hydroxylation is 1. The number of unbranched alkanes of at least 4 members (excludes halogenated alkanes) is 3. The van der Waals surface area contributed by atoms with Gasteiger partial charge in [-0.15, -0.1) is 13.2 Å². The van der Waals surface area contributed by atoms with Crippen molar-refractivity contribution in [3.05, 3.63) is 65.2 Å². The minimum Gasteiger partial charge on any atom is -0.406 e. The molecule has 1 nitrogen and oxygen atoms in total. The van der Waals surface area contributed by atoms with Crippen LogP contribution < -0.4 is 4.74 Å². The topological polar surface area (TPSA) is 9.23 Å². The third-order valence-corrected chi connectivity index (χ3v) is 3.88. The maximum atomic E-state index is 12.1. The van der Waals surface area contributed by atoms with Crippen molar-refractivity contribution < 1.29 is 17.9 Å². The first-order valence-electron chi connectivity index (χ1n) is 8.59. The van der Waals surface area contributed by atoms with Crippen LogP contribution in [0.2, 0.25) is 0 Å². The van der Waals surface area contributed by atoms with Gasteiger partial charge in [-0.1, -0.05) is 74.7 Å². The van der Waals surface area contributed by atoms with Crippen molar-refractivity contribution in [2.75, 3.05) is 0 Å². The van der Waals surface area contributed by atoms with E-state index in [0.29, 0.717) is 0 Å². The number of hydrogen-bond donors (Lipinski definition) is 0. The molecule has 0 saturated heterocycles. The maximum Gasteiger partial charge on any atom is 0.573 e. The Hall–Kier alpha value is -2.23. The largest absolute Gasteiger partial charge is 0.573 e. The quantitative estimate of drug-likeness (QED) is 0.373. The van der Waals surface area contributed by atoms with Crippen LogP contribution in [-0.4, -0.2) is 6.36 Å². The van der Waals surface area contributed by atoms with Crippen molar-refractivity contribution in [2.45, 2.75) is 45.4 Å². The molecule has 0 fully saturated rings. The van der Waals surface area contributed by atoms with E-state index in [1.165, 1.54) is 43.4 Å². The summed E-state index contributed by atoms with van der Waals surface area (Å²) in [6.45, 7) is 2.21. The number of benzene rings is 2. The first-order chi connectivity index (χ1) is 12.0. The molecule has 0 heterocycles. The molecule has 134 valence electrons. The molecule has 4 heteroatoms. The van der Waals surface area contributed by atoms with Gasteiger partial charge in [0, 0.05) is 0 Å². The van der Waals surface area contributed by atoms with Crippen LogP contribution in [0.1, 0.15) is 49.3 Å². The van der Waals surface area contributed by atoms with Gasteiger partial charge in [0.15, 0.2) is 0 Å². The van der Waals surface area contributed by atoms with Gasteiger partial charge in [-0.05, 0) is 41.7 Å². The first-order valence-corrected chi connectivity index (χ1v) is 8.59. The monoisotopic (exact) mass is 348 g/mol. The molecule has 25 heavy (non-hydrogen) atoms. The highest BCUT2D eigenvalue weighted by atomic mass is 19.4. The number of hydrogen-bond acceptors (Lipinski definition) is 1. The van der Waals surface area contributed by atoms with Crippen molar-refractivity contribution >= 4 is 12.2 Å². The predicted octanol–water partition coefficient (Wildman–Crippen LogP) is 6.88. The summed E-state index contributed by atoms with van der Waals surface area (Å²) in [7, 11) is 0. The second-order valence-electron chi connectivity index (χ2n) is 6.00. The third-order valence-electron chi connectivity index (χ3n) is 3.88. The number of rotatable bonds is 8. The lowest BCUT2D eigenvalue weighted by Gasteiger charge is -2.08. The van der Waals surface area contributed by atoms with Gasteiger partial charge in [-0.3, -0.25) is 0 Å². The van der Waals surface area contributed by atoms with E-state index in [9.17, 15) is 13.2 Å². The minimum atomic E-state index is -4.66. The van der Waals surface area contributed by atoms with E-state index in [2.05, 4.69) is 35.9 Å². The van der Waals surface area contributed by atoms with Gasteiger partial charge in [-0.2, -0.15) is 0 Å². The predicted molar refractivity (Wildman–Crippen MR) is 96.3 cm³/mol. The van der Waals surface area contributed by atoms with E-state index in [-0.39, 0.29) is 5.75 Å². The highest BCUT2D eigenvalue weighted by Gasteiger charge is 2.30. The van der Waals surface area contributed by atoms with Crippen molar-refractivity contribution in [3.8, 4) is 5.75 Å². The Morgan fingerprint density at radius 3 is 1.88 bits per heavy atom. The molecule has 0 unspecified atom stereocenters. The van der Waals surface area contributed by atoms with Gasteiger partial charge in [0.1, 0.15) is 5.75 Å². The molecule has 0 atom stereocenters. The van der Waals surface area contributed by atoms with Gasteiger partial charge in [0.05, 0.1) is 0 Å². The van der Waals surface area contributed by atoms with Crippen LogP contribution in [0.5, 0.6) is 5.75 Å². The number of halogens is 3. The van der Waals surface area contributed by atoms with Crippen molar-refractivity contribution in [2.24, 2.45) is 0 Å². The zero-order valence-corrected chi connectivity index (χ0v) is 14.4. The second kappa shape index (κ2) is 9.30. The minimum absolute atomic E-state index is 0.211. The summed E-state index contributed by atoms with van der Waals surface area (Å²) in [4.78, 5) is 0. The number of ether oxygens (including phenoxy) is 1. The summed E-state index contributed by atoms with van der Waals surface area (Å²) in [5, 5.41) is 0. The smallest absolute Gasteiger partial charge is 0.406 e. The summed E-state index contributed by atoms with van der Waals surface area (Å²) in [6, 6.07) is 14.2. The zero-order valence-electron chi connectivity index (χ0n) is 14.4. The fourth-order valence-corrected chi connectivity index (χ4v) is 2.52. The average Bonchev–Trinajstić information content (AvgIpc) is 2.58. The number of alkyl halides is 3. The molecule has 0 spiro atoms. The molecule has 0 amide bonds. The maximum absolute atomic E-state index is 12.1. The Labute approximate surface area is 147 Å². The lowest BCUT2D eigenvalue weighted by atomic mass is 10.0. The summed E-state index contributed by atoms with van der Waals surface area (Å²) < 4.78 is 40.2. The lowest BCUT2D eigenvalue weighted by Crippen LogP contribution is -2.16. The highest BCUT2D eigenvalue weighted by molar-refractivity contribution is 5.69. The SMILES string of the molecule is CCCCCCc1ccc(C=Cc2ccc(OC(F)(F)F)cc2)cc1. The molecule has 0 aliphatic rings. The van der Waals surface area contributed by atoms with Crippen LogP contribution in [0.15, 0.2) is 48.5 Å². The van der Waals surface area contributed by atoms with Gasteiger partial charge in [-0.25, -0.2) is 0 Å². The molecule has 2 rings (SSSR count). The van der Waals surface area contributed by atoms with Gasteiger partial charge in [0.2, 0.25) is 0 Å². The molecule has 0 aliphatic heterocycles. The molecule has 2 aromatic carbocycles. The molecule has 0 aromatic heterocycles. The normalized spacial score (nSPS) is 11.8. The molecule has 0 N–H and O–H groups in total. The third kappa shape index (κ3) is 7.46. The van der Waals surface area contributed by atoms with Crippen LogP contribution in [0, 0.1) is 0 Å². The van der Waals surface area contributed by atoms with E-state index in [4.69, 9.17) is 0 Å². The summed E-state index contributed by atoms with van der Waals surface area (Å²) in [6.07, 6.45) is 5.27. The lowest BCUT2D eigenvalue weighted by molar-refractivity contribution is -0.274. The molecule has 2 aromatic rings. The van der Waals surface area contributed by atoms with Crippen LogP contribution in [0.25, 0.3) is 12.2 Å². The van der Waals surface area contributed by atoms with Crippen LogP contribution in [0.3, 0.4) is 0 Å². The van der Waals surface area contributed by atoms with Crippen molar-refractivity contribution in [1.29, 1.82) is 0 Å². The molecule has 0 saturated carbocycles. The van der Waals surface area contributed by atoms with Crippen molar-refractivity contribution in [3.63, 3.8) is 0 Å². The Balaban J connectivity index is 1.88. The van der Waals surface area contributed by atoms with E-state index in [1.807, 2.05) is 12.2 Å². The van der Waals surface area contributed by atoms with Gasteiger partial charge >= 0.3 is 6.36 Å². The fraction of sp³-hybridized carbons (Fsp3) is 0.333.